The van der Waals surface area contributed by atoms with Gasteiger partial charge < -0.3 is 14.8 Å². The zero-order valence-electron chi connectivity index (χ0n) is 19.1. The van der Waals surface area contributed by atoms with Crippen LogP contribution in [0.4, 0.5) is 5.69 Å². The third-order valence-electron chi connectivity index (χ3n) is 5.45. The molecule has 3 aromatic carbocycles. The first-order valence-electron chi connectivity index (χ1n) is 11.4. The largest absolute Gasteiger partial charge is 0.494 e. The van der Waals surface area contributed by atoms with Crippen molar-refractivity contribution in [2.45, 2.75) is 39.0 Å². The van der Waals surface area contributed by atoms with Gasteiger partial charge in [0.25, 0.3) is 0 Å². The van der Waals surface area contributed by atoms with Gasteiger partial charge in [0, 0.05) is 18.3 Å². The zero-order chi connectivity index (χ0) is 22.6. The maximum atomic E-state index is 11.3. The summed E-state index contributed by atoms with van der Waals surface area (Å²) in [5.74, 6) is 1.82. The maximum absolute atomic E-state index is 11.3. The molecular weight excluding hydrogens is 398 g/mol. The van der Waals surface area contributed by atoms with E-state index in [9.17, 15) is 4.79 Å². The third-order valence-corrected chi connectivity index (χ3v) is 5.45. The molecule has 0 saturated heterocycles. The van der Waals surface area contributed by atoms with Crippen molar-refractivity contribution in [3.05, 3.63) is 78.4 Å². The van der Waals surface area contributed by atoms with Crippen LogP contribution in [0.2, 0.25) is 0 Å². The summed E-state index contributed by atoms with van der Waals surface area (Å²) in [7, 11) is 1.93. The van der Waals surface area contributed by atoms with E-state index in [1.54, 1.807) is 6.92 Å². The normalized spacial score (nSPS) is 10.6. The molecule has 32 heavy (non-hydrogen) atoms. The van der Waals surface area contributed by atoms with Crippen LogP contribution in [0.1, 0.15) is 49.4 Å². The maximum Gasteiger partial charge on any atom is 0.159 e. The van der Waals surface area contributed by atoms with Crippen LogP contribution in [-0.2, 0) is 0 Å². The van der Waals surface area contributed by atoms with Crippen molar-refractivity contribution in [1.82, 2.24) is 0 Å². The van der Waals surface area contributed by atoms with Gasteiger partial charge in [-0.15, -0.1) is 0 Å². The van der Waals surface area contributed by atoms with Crippen molar-refractivity contribution >= 4 is 11.5 Å². The first-order valence-corrected chi connectivity index (χ1v) is 11.4. The molecule has 0 heterocycles. The smallest absolute Gasteiger partial charge is 0.159 e. The van der Waals surface area contributed by atoms with E-state index < -0.39 is 0 Å². The first kappa shape index (κ1) is 23.4. The fraction of sp³-hybridized carbons (Fsp3) is 0.321. The predicted octanol–water partition coefficient (Wildman–Crippen LogP) is 7.01. The number of unbranched alkanes of at least 4 members (excludes halogenated alkanes) is 4. The van der Waals surface area contributed by atoms with Gasteiger partial charge in [-0.25, -0.2) is 0 Å². The van der Waals surface area contributed by atoms with E-state index in [1.807, 2.05) is 43.4 Å². The second kappa shape index (κ2) is 12.6. The van der Waals surface area contributed by atoms with Crippen molar-refractivity contribution in [2.24, 2.45) is 0 Å². The van der Waals surface area contributed by atoms with Crippen LogP contribution >= 0.6 is 0 Å². The summed E-state index contributed by atoms with van der Waals surface area (Å²) in [6.45, 7) is 3.03. The Kier molecular flexibility index (Phi) is 9.18. The molecule has 168 valence electrons. The molecule has 4 nitrogen and oxygen atoms in total. The molecule has 1 N–H and O–H groups in total. The highest BCUT2D eigenvalue weighted by atomic mass is 16.5. The van der Waals surface area contributed by atoms with Gasteiger partial charge in [0.15, 0.2) is 5.78 Å². The highest BCUT2D eigenvalue weighted by molar-refractivity contribution is 5.94. The molecule has 0 saturated carbocycles. The molecule has 0 aromatic heterocycles. The highest BCUT2D eigenvalue weighted by Gasteiger charge is 2.01. The van der Waals surface area contributed by atoms with Crippen LogP contribution in [0, 0.1) is 0 Å². The number of rotatable bonds is 13. The molecule has 0 aliphatic heterocycles. The zero-order valence-corrected chi connectivity index (χ0v) is 19.1. The third kappa shape index (κ3) is 7.45. The van der Waals surface area contributed by atoms with Gasteiger partial charge in [0.2, 0.25) is 0 Å². The molecule has 0 unspecified atom stereocenters. The number of anilines is 1. The Morgan fingerprint density at radius 2 is 1.09 bits per heavy atom. The Morgan fingerprint density at radius 3 is 1.56 bits per heavy atom. The number of ketones is 1. The van der Waals surface area contributed by atoms with Crippen molar-refractivity contribution in [3.8, 4) is 22.6 Å². The number of carbonyl (C=O) groups is 1. The molecule has 3 rings (SSSR count). The standard InChI is InChI=1S/C28H33NO3/c1-22(30)23-10-16-27(17-11-23)31-20-6-4-3-5-7-21-32-28-18-12-25(13-19-28)24-8-14-26(29-2)15-9-24/h8-19,29H,3-7,20-21H2,1-2H3. The van der Waals surface area contributed by atoms with Crippen molar-refractivity contribution in [3.63, 3.8) is 0 Å². The van der Waals surface area contributed by atoms with Crippen LogP contribution in [-0.4, -0.2) is 26.0 Å². The monoisotopic (exact) mass is 431 g/mol. The minimum atomic E-state index is 0.0770. The van der Waals surface area contributed by atoms with Crippen LogP contribution in [0.3, 0.4) is 0 Å². The van der Waals surface area contributed by atoms with Gasteiger partial charge >= 0.3 is 0 Å². The average molecular weight is 432 g/mol. The lowest BCUT2D eigenvalue weighted by atomic mass is 10.1. The van der Waals surface area contributed by atoms with Gasteiger partial charge in [-0.2, -0.15) is 0 Å². The van der Waals surface area contributed by atoms with E-state index in [4.69, 9.17) is 9.47 Å². The van der Waals surface area contributed by atoms with Gasteiger partial charge in [-0.3, -0.25) is 4.79 Å². The number of nitrogens with one attached hydrogen (secondary N) is 1. The summed E-state index contributed by atoms with van der Waals surface area (Å²) in [4.78, 5) is 11.3. The number of ether oxygens (including phenoxy) is 2. The van der Waals surface area contributed by atoms with E-state index in [2.05, 4.69) is 41.7 Å². The predicted molar refractivity (Wildman–Crippen MR) is 132 cm³/mol. The summed E-state index contributed by atoms with van der Waals surface area (Å²) in [6.07, 6.45) is 5.57. The van der Waals surface area contributed by atoms with E-state index in [0.717, 1.165) is 55.0 Å². The summed E-state index contributed by atoms with van der Waals surface area (Å²) in [5.41, 5.74) is 4.22. The fourth-order valence-electron chi connectivity index (χ4n) is 3.47. The lowest BCUT2D eigenvalue weighted by Gasteiger charge is -2.09. The Morgan fingerprint density at radius 1 is 0.656 bits per heavy atom. The van der Waals surface area contributed by atoms with E-state index in [0.29, 0.717) is 6.61 Å². The van der Waals surface area contributed by atoms with Crippen molar-refractivity contribution in [2.75, 3.05) is 25.6 Å². The van der Waals surface area contributed by atoms with Crippen molar-refractivity contribution < 1.29 is 14.3 Å². The number of carbonyl (C=O) groups excluding carboxylic acids is 1. The van der Waals surface area contributed by atoms with Gasteiger partial charge in [-0.1, -0.05) is 43.5 Å². The summed E-state index contributed by atoms with van der Waals surface area (Å²) in [5, 5.41) is 3.14. The highest BCUT2D eigenvalue weighted by Crippen LogP contribution is 2.24. The average Bonchev–Trinajstić information content (AvgIpc) is 2.84. The molecule has 0 atom stereocenters. The minimum absolute atomic E-state index is 0.0770. The van der Waals surface area contributed by atoms with Crippen LogP contribution in [0.25, 0.3) is 11.1 Å². The fourth-order valence-corrected chi connectivity index (χ4v) is 3.47. The number of benzene rings is 3. The Labute approximate surface area is 191 Å². The number of hydrogen-bond acceptors (Lipinski definition) is 4. The van der Waals surface area contributed by atoms with Gasteiger partial charge in [-0.05, 0) is 79.4 Å². The number of hydrogen-bond donors (Lipinski definition) is 1. The van der Waals surface area contributed by atoms with E-state index in [-0.39, 0.29) is 5.78 Å². The molecule has 0 fully saturated rings. The quantitative estimate of drug-likeness (QED) is 0.234. The molecule has 0 amide bonds. The molecule has 0 aliphatic rings. The van der Waals surface area contributed by atoms with Crippen LogP contribution in [0.15, 0.2) is 72.8 Å². The summed E-state index contributed by atoms with van der Waals surface area (Å²) in [6, 6.07) is 24.1. The van der Waals surface area contributed by atoms with Crippen LogP contribution in [0.5, 0.6) is 11.5 Å². The summed E-state index contributed by atoms with van der Waals surface area (Å²) < 4.78 is 11.6. The lowest BCUT2D eigenvalue weighted by molar-refractivity contribution is 0.101. The lowest BCUT2D eigenvalue weighted by Crippen LogP contribution is -1.99. The minimum Gasteiger partial charge on any atom is -0.494 e. The molecule has 0 bridgehead atoms. The molecule has 3 aromatic rings. The molecule has 4 heteroatoms. The van der Waals surface area contributed by atoms with Gasteiger partial charge in [0.05, 0.1) is 13.2 Å². The van der Waals surface area contributed by atoms with E-state index >= 15 is 0 Å². The molecule has 0 spiro atoms. The first-order chi connectivity index (χ1) is 15.7. The van der Waals surface area contributed by atoms with Crippen LogP contribution < -0.4 is 14.8 Å². The molecule has 0 aliphatic carbocycles. The van der Waals surface area contributed by atoms with Gasteiger partial charge in [0.1, 0.15) is 11.5 Å². The summed E-state index contributed by atoms with van der Waals surface area (Å²) >= 11 is 0. The second-order valence-electron chi connectivity index (χ2n) is 7.90. The van der Waals surface area contributed by atoms with Crippen molar-refractivity contribution in [1.29, 1.82) is 0 Å². The Hall–Kier alpha value is -3.27. The Balaban J connectivity index is 1.24. The molecular formula is C28H33NO3. The number of Topliss-reactive ketones (excluding diaryl/α,β-unsaturated/α-hetero) is 1. The van der Waals surface area contributed by atoms with E-state index in [1.165, 1.54) is 17.5 Å². The molecule has 0 radical (unpaired) electrons. The topological polar surface area (TPSA) is 47.6 Å². The SMILES string of the molecule is CNc1ccc(-c2ccc(OCCCCCCCOc3ccc(C(C)=O)cc3)cc2)cc1. The Bertz CT molecular complexity index is 947. The second-order valence-corrected chi connectivity index (χ2v) is 7.90.